The van der Waals surface area contributed by atoms with Crippen molar-refractivity contribution in [2.45, 2.75) is 6.92 Å². The molecule has 29 heavy (non-hydrogen) atoms. The number of primary amides is 1. The molecule has 7 heteroatoms. The van der Waals surface area contributed by atoms with Gasteiger partial charge in [0.1, 0.15) is 22.8 Å². The van der Waals surface area contributed by atoms with Crippen molar-refractivity contribution < 1.29 is 9.90 Å². The fraction of sp³-hybridized carbons (Fsp3) is 0.0455. The van der Waals surface area contributed by atoms with Crippen LogP contribution in [0.2, 0.25) is 0 Å². The minimum absolute atomic E-state index is 0.0716. The Labute approximate surface area is 167 Å². The van der Waals surface area contributed by atoms with Gasteiger partial charge >= 0.3 is 0 Å². The van der Waals surface area contributed by atoms with Crippen molar-refractivity contribution in [3.05, 3.63) is 78.1 Å². The lowest BCUT2D eigenvalue weighted by Crippen LogP contribution is -2.14. The van der Waals surface area contributed by atoms with Crippen LogP contribution in [0.5, 0.6) is 5.75 Å². The number of phenols is 1. The molecule has 2 aromatic carbocycles. The number of nitrogens with two attached hydrogens (primary N) is 2. The number of nitrogens with zero attached hydrogens (tertiary/aromatic N) is 3. The maximum absolute atomic E-state index is 12.2. The Hall–Kier alpha value is -4.13. The summed E-state index contributed by atoms with van der Waals surface area (Å²) in [5.41, 5.74) is 16.5. The van der Waals surface area contributed by atoms with Gasteiger partial charge in [0.2, 0.25) is 0 Å². The Morgan fingerprint density at radius 3 is 2.45 bits per heavy atom. The molecule has 0 aliphatic rings. The Morgan fingerprint density at radius 1 is 1.00 bits per heavy atom. The first kappa shape index (κ1) is 18.2. The van der Waals surface area contributed by atoms with E-state index in [-0.39, 0.29) is 17.1 Å². The van der Waals surface area contributed by atoms with Crippen molar-refractivity contribution in [3.63, 3.8) is 0 Å². The number of anilines is 1. The summed E-state index contributed by atoms with van der Waals surface area (Å²) in [5, 5.41) is 14.5. The smallest absolute Gasteiger partial charge is 0.254 e. The Balaban J connectivity index is 1.91. The number of aromatic nitrogens is 3. The van der Waals surface area contributed by atoms with E-state index in [2.05, 4.69) is 10.1 Å². The van der Waals surface area contributed by atoms with Gasteiger partial charge in [-0.3, -0.25) is 9.78 Å². The van der Waals surface area contributed by atoms with Gasteiger partial charge in [0.25, 0.3) is 5.91 Å². The van der Waals surface area contributed by atoms with Crippen molar-refractivity contribution in [1.29, 1.82) is 0 Å². The highest BCUT2D eigenvalue weighted by Gasteiger charge is 2.23. The van der Waals surface area contributed by atoms with Crippen LogP contribution < -0.4 is 11.5 Å². The number of aromatic hydroxyl groups is 1. The van der Waals surface area contributed by atoms with Gasteiger partial charge in [0.05, 0.1) is 5.69 Å². The summed E-state index contributed by atoms with van der Waals surface area (Å²) in [5.74, 6) is -0.478. The topological polar surface area (TPSA) is 120 Å². The number of amides is 1. The monoisotopic (exact) mass is 385 g/mol. The molecule has 0 atom stereocenters. The summed E-state index contributed by atoms with van der Waals surface area (Å²) in [7, 11) is 0. The second kappa shape index (κ2) is 7.12. The summed E-state index contributed by atoms with van der Waals surface area (Å²) in [6.45, 7) is 1.86. The van der Waals surface area contributed by atoms with E-state index in [1.54, 1.807) is 30.6 Å². The zero-order valence-electron chi connectivity index (χ0n) is 15.7. The minimum Gasteiger partial charge on any atom is -0.508 e. The van der Waals surface area contributed by atoms with Gasteiger partial charge in [-0.2, -0.15) is 5.10 Å². The lowest BCUT2D eigenvalue weighted by atomic mass is 10.0. The van der Waals surface area contributed by atoms with Crippen LogP contribution in [0.25, 0.3) is 28.1 Å². The normalized spacial score (nSPS) is 10.8. The van der Waals surface area contributed by atoms with Gasteiger partial charge in [-0.15, -0.1) is 0 Å². The van der Waals surface area contributed by atoms with E-state index in [0.717, 1.165) is 16.7 Å². The molecule has 0 aliphatic heterocycles. The molecule has 7 nitrogen and oxygen atoms in total. The lowest BCUT2D eigenvalue weighted by Gasteiger charge is -2.08. The first-order valence-electron chi connectivity index (χ1n) is 8.95. The van der Waals surface area contributed by atoms with E-state index in [0.29, 0.717) is 16.9 Å². The van der Waals surface area contributed by atoms with Gasteiger partial charge in [-0.25, -0.2) is 4.68 Å². The number of hydrogen-bond acceptors (Lipinski definition) is 5. The van der Waals surface area contributed by atoms with Gasteiger partial charge < -0.3 is 16.6 Å². The summed E-state index contributed by atoms with van der Waals surface area (Å²) in [6, 6.07) is 16.3. The summed E-state index contributed by atoms with van der Waals surface area (Å²) >= 11 is 0. The van der Waals surface area contributed by atoms with E-state index >= 15 is 0 Å². The fourth-order valence-corrected chi connectivity index (χ4v) is 3.28. The number of hydrogen-bond donors (Lipinski definition) is 3. The molecule has 0 aliphatic carbocycles. The van der Waals surface area contributed by atoms with Crippen LogP contribution in [0, 0.1) is 6.92 Å². The minimum atomic E-state index is -0.670. The predicted octanol–water partition coefficient (Wildman–Crippen LogP) is 3.30. The highest BCUT2D eigenvalue weighted by atomic mass is 16.3. The molecule has 0 fully saturated rings. The van der Waals surface area contributed by atoms with E-state index in [4.69, 9.17) is 11.5 Å². The van der Waals surface area contributed by atoms with Crippen molar-refractivity contribution >= 4 is 11.7 Å². The van der Waals surface area contributed by atoms with Gasteiger partial charge in [0, 0.05) is 24.0 Å². The Morgan fingerprint density at radius 2 is 1.72 bits per heavy atom. The molecule has 4 rings (SSSR count). The number of benzene rings is 2. The van der Waals surface area contributed by atoms with Crippen molar-refractivity contribution in [3.8, 4) is 33.8 Å². The SMILES string of the molecule is Cc1ccc(O)cc1-n1nc(-c2cccc(-c3ccncc3)c2)c(C(N)=O)c1N. The maximum atomic E-state index is 12.2. The van der Waals surface area contributed by atoms with Gasteiger partial charge in [-0.1, -0.05) is 24.3 Å². The van der Waals surface area contributed by atoms with Gasteiger partial charge in [0.15, 0.2) is 0 Å². The standard InChI is InChI=1S/C22H19N5O2/c1-13-5-6-17(28)12-18(13)27-21(23)19(22(24)29)20(26-27)16-4-2-3-15(11-16)14-7-9-25-10-8-14/h2-12,28H,23H2,1H3,(H2,24,29). The Kier molecular flexibility index (Phi) is 4.48. The predicted molar refractivity (Wildman–Crippen MR) is 112 cm³/mol. The van der Waals surface area contributed by atoms with Crippen LogP contribution in [0.1, 0.15) is 15.9 Å². The zero-order chi connectivity index (χ0) is 20.5. The molecular formula is C22H19N5O2. The average molecular weight is 385 g/mol. The van der Waals surface area contributed by atoms with Gasteiger partial charge in [-0.05, 0) is 47.9 Å². The molecule has 0 radical (unpaired) electrons. The molecular weight excluding hydrogens is 366 g/mol. The number of carbonyl (C=O) groups is 1. The molecule has 0 saturated heterocycles. The molecule has 2 aromatic heterocycles. The first-order chi connectivity index (χ1) is 14.0. The van der Waals surface area contributed by atoms with E-state index in [1.165, 1.54) is 4.68 Å². The number of pyridine rings is 1. The molecule has 2 heterocycles. The van der Waals surface area contributed by atoms with Crippen LogP contribution >= 0.6 is 0 Å². The second-order valence-corrected chi connectivity index (χ2v) is 6.67. The lowest BCUT2D eigenvalue weighted by molar-refractivity contribution is 0.100. The molecule has 1 amide bonds. The fourth-order valence-electron chi connectivity index (χ4n) is 3.28. The quantitative estimate of drug-likeness (QED) is 0.498. The van der Waals surface area contributed by atoms with E-state index in [9.17, 15) is 9.90 Å². The van der Waals surface area contributed by atoms with E-state index < -0.39 is 5.91 Å². The average Bonchev–Trinajstić information content (AvgIpc) is 3.08. The summed E-state index contributed by atoms with van der Waals surface area (Å²) in [6.07, 6.45) is 3.43. The van der Waals surface area contributed by atoms with Crippen LogP contribution in [-0.4, -0.2) is 25.8 Å². The third-order valence-corrected chi connectivity index (χ3v) is 4.74. The molecule has 0 unspecified atom stereocenters. The second-order valence-electron chi connectivity index (χ2n) is 6.67. The third kappa shape index (κ3) is 3.29. The number of aryl methyl sites for hydroxylation is 1. The van der Waals surface area contributed by atoms with Crippen molar-refractivity contribution in [2.75, 3.05) is 5.73 Å². The molecule has 5 N–H and O–H groups in total. The van der Waals surface area contributed by atoms with Crippen LogP contribution in [0.3, 0.4) is 0 Å². The number of carbonyl (C=O) groups excluding carboxylic acids is 1. The number of rotatable bonds is 4. The first-order valence-corrected chi connectivity index (χ1v) is 8.95. The molecule has 0 saturated carbocycles. The van der Waals surface area contributed by atoms with Crippen molar-refractivity contribution in [1.82, 2.24) is 14.8 Å². The summed E-state index contributed by atoms with van der Waals surface area (Å²) in [4.78, 5) is 16.2. The largest absolute Gasteiger partial charge is 0.508 e. The molecule has 144 valence electrons. The zero-order valence-corrected chi connectivity index (χ0v) is 15.7. The highest BCUT2D eigenvalue weighted by molar-refractivity contribution is 6.03. The maximum Gasteiger partial charge on any atom is 0.254 e. The van der Waals surface area contributed by atoms with E-state index in [1.807, 2.05) is 43.3 Å². The highest BCUT2D eigenvalue weighted by Crippen LogP contribution is 2.33. The van der Waals surface area contributed by atoms with Crippen LogP contribution in [0.15, 0.2) is 67.0 Å². The number of phenolic OH excluding ortho intramolecular Hbond substituents is 1. The Bertz CT molecular complexity index is 1220. The molecule has 0 spiro atoms. The van der Waals surface area contributed by atoms with Crippen LogP contribution in [-0.2, 0) is 0 Å². The van der Waals surface area contributed by atoms with Crippen molar-refractivity contribution in [2.24, 2.45) is 5.73 Å². The molecule has 0 bridgehead atoms. The molecule has 4 aromatic rings. The van der Waals surface area contributed by atoms with Crippen LogP contribution in [0.4, 0.5) is 5.82 Å². The third-order valence-electron chi connectivity index (χ3n) is 4.74. The summed E-state index contributed by atoms with van der Waals surface area (Å²) < 4.78 is 1.43. The number of nitrogen functional groups attached to an aromatic ring is 1.